The van der Waals surface area contributed by atoms with Crippen LogP contribution in [-0.4, -0.2) is 33.1 Å². The lowest BCUT2D eigenvalue weighted by Crippen LogP contribution is -3.00. The van der Waals surface area contributed by atoms with E-state index in [9.17, 15) is 9.59 Å². The highest BCUT2D eigenvalue weighted by atomic mass is 79.9. The van der Waals surface area contributed by atoms with Gasteiger partial charge in [-0.25, -0.2) is 4.79 Å². The number of hydrogen-bond acceptors (Lipinski definition) is 5. The second-order valence-electron chi connectivity index (χ2n) is 8.31. The number of aromatic nitrogens is 1. The Bertz CT molecular complexity index is 1220. The normalized spacial score (nSPS) is 14.2. The molecule has 0 spiro atoms. The Morgan fingerprint density at radius 1 is 1.03 bits per heavy atom. The van der Waals surface area contributed by atoms with Crippen molar-refractivity contribution in [1.29, 1.82) is 0 Å². The van der Waals surface area contributed by atoms with Crippen LogP contribution in [0, 0.1) is 12.8 Å². The number of ether oxygens (including phenoxy) is 3. The topological polar surface area (TPSA) is 65.7 Å². The summed E-state index contributed by atoms with van der Waals surface area (Å²) in [6.45, 7) is 2.71. The van der Waals surface area contributed by atoms with Gasteiger partial charge < -0.3 is 31.2 Å². The SMILES string of the molecule is COC(=O)c1c[n+](Cc2ccccc2C)ccc1CC1Cc2cc(OC)c(OC)cc2C1=O.[Br-]. The fourth-order valence-electron chi connectivity index (χ4n) is 4.45. The molecule has 4 rings (SSSR count). The van der Waals surface area contributed by atoms with Gasteiger partial charge in [-0.3, -0.25) is 4.79 Å². The molecule has 7 heteroatoms. The van der Waals surface area contributed by atoms with Crippen LogP contribution in [0.2, 0.25) is 0 Å². The molecule has 1 aliphatic carbocycles. The van der Waals surface area contributed by atoms with Crippen LogP contribution in [-0.2, 0) is 24.1 Å². The van der Waals surface area contributed by atoms with Gasteiger partial charge in [0.15, 0.2) is 36.2 Å². The number of methoxy groups -OCH3 is 3. The number of Topliss-reactive ketones (excluding diaryl/α,β-unsaturated/α-hetero) is 1. The molecule has 1 atom stereocenters. The monoisotopic (exact) mass is 525 g/mol. The maximum absolute atomic E-state index is 13.1. The molecule has 0 fully saturated rings. The fourth-order valence-corrected chi connectivity index (χ4v) is 4.45. The summed E-state index contributed by atoms with van der Waals surface area (Å²) in [5, 5.41) is 0. The van der Waals surface area contributed by atoms with Gasteiger partial charge in [-0.1, -0.05) is 24.3 Å². The zero-order valence-corrected chi connectivity index (χ0v) is 21.3. The number of carbonyl (C=O) groups is 2. The summed E-state index contributed by atoms with van der Waals surface area (Å²) in [6.07, 6.45) is 4.81. The van der Waals surface area contributed by atoms with Crippen LogP contribution in [0.5, 0.6) is 11.5 Å². The van der Waals surface area contributed by atoms with Crippen LogP contribution in [0.15, 0.2) is 54.9 Å². The Balaban J connectivity index is 0.00000324. The van der Waals surface area contributed by atoms with E-state index in [1.807, 2.05) is 41.2 Å². The van der Waals surface area contributed by atoms with Crippen molar-refractivity contribution in [2.75, 3.05) is 21.3 Å². The molecule has 178 valence electrons. The summed E-state index contributed by atoms with van der Waals surface area (Å²) in [4.78, 5) is 25.7. The molecule has 0 saturated heterocycles. The van der Waals surface area contributed by atoms with Gasteiger partial charge in [-0.05, 0) is 48.6 Å². The molecule has 1 aromatic heterocycles. The zero-order valence-electron chi connectivity index (χ0n) is 19.8. The Morgan fingerprint density at radius 3 is 2.41 bits per heavy atom. The van der Waals surface area contributed by atoms with Crippen molar-refractivity contribution in [1.82, 2.24) is 0 Å². The molecule has 2 aromatic carbocycles. The van der Waals surface area contributed by atoms with Crippen LogP contribution in [0.3, 0.4) is 0 Å². The Kier molecular flexibility index (Phi) is 8.10. The first kappa shape index (κ1) is 25.4. The number of pyridine rings is 1. The lowest BCUT2D eigenvalue weighted by molar-refractivity contribution is -0.688. The van der Waals surface area contributed by atoms with Crippen LogP contribution >= 0.6 is 0 Å². The van der Waals surface area contributed by atoms with Crippen molar-refractivity contribution in [2.45, 2.75) is 26.3 Å². The lowest BCUT2D eigenvalue weighted by atomic mass is 9.93. The minimum atomic E-state index is -0.407. The quantitative estimate of drug-likeness (QED) is 0.336. The van der Waals surface area contributed by atoms with Crippen molar-refractivity contribution < 1.29 is 45.3 Å². The molecule has 6 nitrogen and oxygen atoms in total. The number of carbonyl (C=O) groups excluding carboxylic acids is 2. The van der Waals surface area contributed by atoms with Gasteiger partial charge >= 0.3 is 5.97 Å². The van der Waals surface area contributed by atoms with Gasteiger partial charge in [0.2, 0.25) is 0 Å². The van der Waals surface area contributed by atoms with E-state index >= 15 is 0 Å². The summed E-state index contributed by atoms with van der Waals surface area (Å²) in [7, 11) is 4.51. The number of rotatable bonds is 7. The van der Waals surface area contributed by atoms with Crippen molar-refractivity contribution in [3.05, 3.63) is 88.2 Å². The average molecular weight is 526 g/mol. The third-order valence-corrected chi connectivity index (χ3v) is 6.31. The minimum absolute atomic E-state index is 0. The van der Waals surface area contributed by atoms with E-state index in [1.54, 1.807) is 20.3 Å². The summed E-state index contributed by atoms with van der Waals surface area (Å²) in [5.74, 6) is 0.538. The molecule has 1 heterocycles. The molecule has 0 aliphatic heterocycles. The molecule has 0 bridgehead atoms. The number of halogens is 1. The number of esters is 1. The predicted molar refractivity (Wildman–Crippen MR) is 123 cm³/mol. The number of aryl methyl sites for hydroxylation is 1. The number of fused-ring (bicyclic) bond motifs is 1. The van der Waals surface area contributed by atoms with E-state index in [0.29, 0.717) is 42.0 Å². The third kappa shape index (κ3) is 4.99. The van der Waals surface area contributed by atoms with E-state index in [4.69, 9.17) is 14.2 Å². The van der Waals surface area contributed by atoms with E-state index in [-0.39, 0.29) is 28.7 Å². The van der Waals surface area contributed by atoms with Crippen molar-refractivity contribution in [2.24, 2.45) is 5.92 Å². The average Bonchev–Trinajstić information content (AvgIpc) is 3.14. The number of nitrogens with zero attached hydrogens (tertiary/aromatic N) is 1. The van der Waals surface area contributed by atoms with Crippen molar-refractivity contribution in [3.63, 3.8) is 0 Å². The van der Waals surface area contributed by atoms with Gasteiger partial charge in [0.1, 0.15) is 5.56 Å². The van der Waals surface area contributed by atoms with E-state index < -0.39 is 5.97 Å². The highest BCUT2D eigenvalue weighted by molar-refractivity contribution is 6.03. The van der Waals surface area contributed by atoms with E-state index in [0.717, 1.165) is 11.1 Å². The van der Waals surface area contributed by atoms with E-state index in [2.05, 4.69) is 19.1 Å². The molecule has 0 saturated carbocycles. The largest absolute Gasteiger partial charge is 1.00 e. The van der Waals surface area contributed by atoms with Gasteiger partial charge in [0.05, 0.1) is 21.3 Å². The second kappa shape index (κ2) is 10.8. The van der Waals surface area contributed by atoms with Gasteiger partial charge in [-0.15, -0.1) is 0 Å². The molecule has 0 radical (unpaired) electrons. The zero-order chi connectivity index (χ0) is 23.5. The van der Waals surface area contributed by atoms with Crippen LogP contribution in [0.1, 0.15) is 43.0 Å². The summed E-state index contributed by atoms with van der Waals surface area (Å²) < 4.78 is 17.8. The molecular weight excluding hydrogens is 498 g/mol. The van der Waals surface area contributed by atoms with Crippen molar-refractivity contribution in [3.8, 4) is 11.5 Å². The standard InChI is InChI=1S/C27H28NO5.BrH/c1-17-7-5-6-8-19(17)15-28-10-9-18(23(16-28)27(30)33-4)11-21-12-20-13-24(31-2)25(32-3)14-22(20)26(21)29;/h5-10,13-14,16,21H,11-12,15H2,1-4H3;1H/q+1;/p-1. The lowest BCUT2D eigenvalue weighted by Gasteiger charge is -2.11. The Hall–Kier alpha value is -3.19. The second-order valence-corrected chi connectivity index (χ2v) is 8.31. The minimum Gasteiger partial charge on any atom is -1.00 e. The van der Waals surface area contributed by atoms with E-state index in [1.165, 1.54) is 18.2 Å². The van der Waals surface area contributed by atoms with Crippen LogP contribution in [0.4, 0.5) is 0 Å². The van der Waals surface area contributed by atoms with Gasteiger partial charge in [0, 0.05) is 23.1 Å². The molecular formula is C27H28BrNO5. The molecule has 0 amide bonds. The third-order valence-electron chi connectivity index (χ3n) is 6.31. The highest BCUT2D eigenvalue weighted by Crippen LogP contribution is 2.37. The van der Waals surface area contributed by atoms with Gasteiger partial charge in [0.25, 0.3) is 0 Å². The first-order valence-corrected chi connectivity index (χ1v) is 10.9. The molecule has 34 heavy (non-hydrogen) atoms. The molecule has 1 unspecified atom stereocenters. The Labute approximate surface area is 210 Å². The number of hydrogen-bond donors (Lipinski definition) is 0. The summed E-state index contributed by atoms with van der Waals surface area (Å²) in [6, 6.07) is 13.7. The highest BCUT2D eigenvalue weighted by Gasteiger charge is 2.33. The fraction of sp³-hybridized carbons (Fsp3) is 0.296. The summed E-state index contributed by atoms with van der Waals surface area (Å²) in [5.41, 5.74) is 5.24. The summed E-state index contributed by atoms with van der Waals surface area (Å²) >= 11 is 0. The number of benzene rings is 2. The first-order valence-electron chi connectivity index (χ1n) is 10.9. The first-order chi connectivity index (χ1) is 15.9. The maximum Gasteiger partial charge on any atom is 0.344 e. The molecule has 1 aliphatic rings. The Morgan fingerprint density at radius 2 is 1.74 bits per heavy atom. The van der Waals surface area contributed by atoms with Crippen LogP contribution < -0.4 is 31.0 Å². The van der Waals surface area contributed by atoms with Crippen molar-refractivity contribution >= 4 is 11.8 Å². The predicted octanol–water partition coefficient (Wildman–Crippen LogP) is 0.736. The van der Waals surface area contributed by atoms with Crippen LogP contribution in [0.25, 0.3) is 0 Å². The maximum atomic E-state index is 13.1. The van der Waals surface area contributed by atoms with Gasteiger partial charge in [-0.2, -0.15) is 4.57 Å². The molecule has 3 aromatic rings. The number of ketones is 1. The molecule has 0 N–H and O–H groups in total. The smallest absolute Gasteiger partial charge is 0.344 e.